The Morgan fingerprint density at radius 3 is 2.60 bits per heavy atom. The van der Waals surface area contributed by atoms with Crippen LogP contribution in [0.3, 0.4) is 0 Å². The topological polar surface area (TPSA) is 83.1 Å². The molecular weight excluding hydrogens is 326 g/mol. The van der Waals surface area contributed by atoms with Crippen LogP contribution in [0, 0.1) is 5.92 Å². The molecule has 7 heteroatoms. The molecule has 7 nitrogen and oxygen atoms in total. The summed E-state index contributed by atoms with van der Waals surface area (Å²) in [6.07, 6.45) is -1.93. The average Bonchev–Trinajstić information content (AvgIpc) is 3.02. The molecule has 0 saturated carbocycles. The number of hydrogen-bond acceptors (Lipinski definition) is 7. The maximum Gasteiger partial charge on any atom is 0.508 e. The van der Waals surface area contributed by atoms with Crippen molar-refractivity contribution in [1.29, 1.82) is 0 Å². The molecule has 1 saturated heterocycles. The standard InChI is InChI=1S/C18H25NO6/c1-12(2)16(19-3)17(20)23-10-14(15-11-24-18(21)25-15)22-9-13-7-5-4-6-8-13/h4-8,12,14-16,19H,9-11H2,1-3H3. The van der Waals surface area contributed by atoms with Gasteiger partial charge in [0, 0.05) is 0 Å². The lowest BCUT2D eigenvalue weighted by molar-refractivity contribution is -0.155. The molecule has 1 aliphatic heterocycles. The number of esters is 1. The molecule has 0 bridgehead atoms. The third kappa shape index (κ3) is 5.72. The summed E-state index contributed by atoms with van der Waals surface area (Å²) in [6.45, 7) is 4.24. The second-order valence-corrected chi connectivity index (χ2v) is 6.19. The van der Waals surface area contributed by atoms with Crippen molar-refractivity contribution in [2.75, 3.05) is 20.3 Å². The zero-order chi connectivity index (χ0) is 18.2. The van der Waals surface area contributed by atoms with Gasteiger partial charge in [0.2, 0.25) is 0 Å². The Bertz CT molecular complexity index is 562. The fraction of sp³-hybridized carbons (Fsp3) is 0.556. The quantitative estimate of drug-likeness (QED) is 0.680. The van der Waals surface area contributed by atoms with Crippen LogP contribution in [-0.2, 0) is 30.3 Å². The number of carbonyl (C=O) groups excluding carboxylic acids is 2. The minimum Gasteiger partial charge on any atom is -0.462 e. The van der Waals surface area contributed by atoms with Crippen molar-refractivity contribution in [1.82, 2.24) is 5.32 Å². The highest BCUT2D eigenvalue weighted by atomic mass is 16.8. The lowest BCUT2D eigenvalue weighted by atomic mass is 10.1. The zero-order valence-corrected chi connectivity index (χ0v) is 14.8. The molecule has 1 aromatic carbocycles. The van der Waals surface area contributed by atoms with Crippen LogP contribution in [-0.4, -0.2) is 50.6 Å². The molecule has 0 aliphatic carbocycles. The molecule has 0 spiro atoms. The first kappa shape index (κ1) is 19.2. The van der Waals surface area contributed by atoms with Crippen molar-refractivity contribution < 1.29 is 28.5 Å². The molecule has 0 aromatic heterocycles. The van der Waals surface area contributed by atoms with Gasteiger partial charge < -0.3 is 24.3 Å². The molecule has 1 N–H and O–H groups in total. The second-order valence-electron chi connectivity index (χ2n) is 6.19. The first-order valence-electron chi connectivity index (χ1n) is 8.34. The molecule has 1 aliphatic rings. The van der Waals surface area contributed by atoms with Crippen molar-refractivity contribution >= 4 is 12.1 Å². The van der Waals surface area contributed by atoms with Gasteiger partial charge in [0.25, 0.3) is 0 Å². The molecule has 3 unspecified atom stereocenters. The second kappa shape index (κ2) is 9.39. The first-order chi connectivity index (χ1) is 12.0. The van der Waals surface area contributed by atoms with Crippen LogP contribution >= 0.6 is 0 Å². The van der Waals surface area contributed by atoms with Crippen LogP contribution in [0.15, 0.2) is 30.3 Å². The fourth-order valence-corrected chi connectivity index (χ4v) is 2.54. The summed E-state index contributed by atoms with van der Waals surface area (Å²) in [4.78, 5) is 23.4. The van der Waals surface area contributed by atoms with Crippen molar-refractivity contribution in [2.24, 2.45) is 5.92 Å². The number of likely N-dealkylation sites (N-methyl/N-ethyl adjacent to an activating group) is 1. The van der Waals surface area contributed by atoms with E-state index in [1.807, 2.05) is 44.2 Å². The van der Waals surface area contributed by atoms with Crippen LogP contribution in [0.25, 0.3) is 0 Å². The van der Waals surface area contributed by atoms with Gasteiger partial charge in [-0.25, -0.2) is 4.79 Å². The van der Waals surface area contributed by atoms with E-state index in [9.17, 15) is 9.59 Å². The van der Waals surface area contributed by atoms with E-state index in [4.69, 9.17) is 18.9 Å². The van der Waals surface area contributed by atoms with Crippen LogP contribution in [0.1, 0.15) is 19.4 Å². The van der Waals surface area contributed by atoms with Crippen LogP contribution in [0.2, 0.25) is 0 Å². The van der Waals surface area contributed by atoms with E-state index in [2.05, 4.69) is 5.32 Å². The van der Waals surface area contributed by atoms with E-state index < -0.39 is 24.4 Å². The van der Waals surface area contributed by atoms with E-state index in [0.29, 0.717) is 6.61 Å². The minimum atomic E-state index is -0.736. The number of ether oxygens (including phenoxy) is 4. The number of rotatable bonds is 9. The number of benzene rings is 1. The van der Waals surface area contributed by atoms with Gasteiger partial charge in [0.1, 0.15) is 25.4 Å². The van der Waals surface area contributed by atoms with Gasteiger partial charge in [-0.3, -0.25) is 4.79 Å². The van der Waals surface area contributed by atoms with Gasteiger partial charge in [0.15, 0.2) is 6.10 Å². The number of hydrogen-bond donors (Lipinski definition) is 1. The van der Waals surface area contributed by atoms with Gasteiger partial charge >= 0.3 is 12.1 Å². The Morgan fingerprint density at radius 1 is 1.32 bits per heavy atom. The highest BCUT2D eigenvalue weighted by Crippen LogP contribution is 2.16. The van der Waals surface area contributed by atoms with Gasteiger partial charge in [-0.05, 0) is 18.5 Å². The van der Waals surface area contributed by atoms with Crippen LogP contribution in [0.5, 0.6) is 0 Å². The molecule has 3 atom stereocenters. The smallest absolute Gasteiger partial charge is 0.462 e. The first-order valence-corrected chi connectivity index (χ1v) is 8.34. The SMILES string of the molecule is CNC(C(=O)OCC(OCc1ccccc1)C1COC(=O)O1)C(C)C. The number of cyclic esters (lactones) is 2. The lowest BCUT2D eigenvalue weighted by Gasteiger charge is -2.24. The van der Waals surface area contributed by atoms with Gasteiger partial charge in [-0.2, -0.15) is 0 Å². The minimum absolute atomic E-state index is 0.0160. The lowest BCUT2D eigenvalue weighted by Crippen LogP contribution is -2.43. The zero-order valence-electron chi connectivity index (χ0n) is 14.8. The predicted octanol–water partition coefficient (Wildman–Crippen LogP) is 1.89. The van der Waals surface area contributed by atoms with Crippen LogP contribution in [0.4, 0.5) is 4.79 Å². The number of nitrogens with one attached hydrogen (secondary N) is 1. The van der Waals surface area contributed by atoms with Crippen molar-refractivity contribution in [2.45, 2.75) is 38.7 Å². The fourth-order valence-electron chi connectivity index (χ4n) is 2.54. The summed E-state index contributed by atoms with van der Waals surface area (Å²) in [5.41, 5.74) is 0.972. The molecule has 0 radical (unpaired) electrons. The Labute approximate surface area is 147 Å². The third-order valence-electron chi connectivity index (χ3n) is 3.96. The van der Waals surface area contributed by atoms with E-state index in [1.54, 1.807) is 7.05 Å². The highest BCUT2D eigenvalue weighted by Gasteiger charge is 2.35. The molecule has 2 rings (SSSR count). The van der Waals surface area contributed by atoms with E-state index >= 15 is 0 Å². The van der Waals surface area contributed by atoms with Crippen molar-refractivity contribution in [3.8, 4) is 0 Å². The molecule has 1 aromatic rings. The maximum absolute atomic E-state index is 12.2. The highest BCUT2D eigenvalue weighted by molar-refractivity contribution is 5.76. The molecule has 1 fully saturated rings. The Balaban J connectivity index is 1.94. The summed E-state index contributed by atoms with van der Waals surface area (Å²) < 4.78 is 21.1. The Morgan fingerprint density at radius 2 is 2.04 bits per heavy atom. The Kier molecular flexibility index (Phi) is 7.21. The maximum atomic E-state index is 12.2. The molecule has 138 valence electrons. The van der Waals surface area contributed by atoms with E-state index in [1.165, 1.54) is 0 Å². The molecule has 0 amide bonds. The third-order valence-corrected chi connectivity index (χ3v) is 3.96. The summed E-state index contributed by atoms with van der Waals surface area (Å²) in [7, 11) is 1.71. The molecule has 25 heavy (non-hydrogen) atoms. The summed E-state index contributed by atoms with van der Waals surface area (Å²) >= 11 is 0. The number of carbonyl (C=O) groups is 2. The Hall–Kier alpha value is -2.12. The van der Waals surface area contributed by atoms with Gasteiger partial charge in [0.05, 0.1) is 6.61 Å². The average molecular weight is 351 g/mol. The largest absolute Gasteiger partial charge is 0.508 e. The van der Waals surface area contributed by atoms with E-state index in [-0.39, 0.29) is 25.1 Å². The summed E-state index contributed by atoms with van der Waals surface area (Å²) in [5.74, 6) is -0.273. The van der Waals surface area contributed by atoms with Crippen molar-refractivity contribution in [3.05, 3.63) is 35.9 Å². The molecule has 1 heterocycles. The van der Waals surface area contributed by atoms with Gasteiger partial charge in [-0.1, -0.05) is 44.2 Å². The summed E-state index contributed by atoms with van der Waals surface area (Å²) in [6, 6.07) is 9.18. The molecular formula is C18H25NO6. The normalized spacial score (nSPS) is 19.2. The predicted molar refractivity (Wildman–Crippen MR) is 89.9 cm³/mol. The monoisotopic (exact) mass is 351 g/mol. The van der Waals surface area contributed by atoms with Crippen molar-refractivity contribution in [3.63, 3.8) is 0 Å². The van der Waals surface area contributed by atoms with Crippen LogP contribution < -0.4 is 5.32 Å². The van der Waals surface area contributed by atoms with E-state index in [0.717, 1.165) is 5.56 Å². The summed E-state index contributed by atoms with van der Waals surface area (Å²) in [5, 5.41) is 2.93. The van der Waals surface area contributed by atoms with Gasteiger partial charge in [-0.15, -0.1) is 0 Å².